The van der Waals surface area contributed by atoms with E-state index in [2.05, 4.69) is 0 Å². The molecule has 1 fully saturated rings. The van der Waals surface area contributed by atoms with E-state index >= 15 is 0 Å². The summed E-state index contributed by atoms with van der Waals surface area (Å²) in [5.41, 5.74) is -0.338. The van der Waals surface area contributed by atoms with Crippen molar-refractivity contribution >= 4 is 13.1 Å². The molecule has 0 radical (unpaired) electrons. The molecule has 1 aromatic carbocycles. The van der Waals surface area contributed by atoms with E-state index in [1.54, 1.807) is 40.4 Å². The number of methoxy groups -OCH3 is 3. The van der Waals surface area contributed by atoms with Crippen molar-refractivity contribution in [2.45, 2.75) is 58.1 Å². The first kappa shape index (κ1) is 22.4. The second-order valence-corrected chi connectivity index (χ2v) is 7.69. The van der Waals surface area contributed by atoms with Gasteiger partial charge in [0.05, 0.1) is 45.6 Å². The predicted molar refractivity (Wildman–Crippen MR) is 106 cm³/mol. The van der Waals surface area contributed by atoms with Crippen LogP contribution in [0.5, 0.6) is 17.2 Å². The van der Waals surface area contributed by atoms with Crippen LogP contribution in [0.3, 0.4) is 0 Å². The molecular weight excluding hydrogens is 363 g/mol. The normalized spacial score (nSPS) is 18.5. The van der Waals surface area contributed by atoms with Gasteiger partial charge in [-0.3, -0.25) is 4.79 Å². The van der Waals surface area contributed by atoms with Gasteiger partial charge in [-0.1, -0.05) is 0 Å². The summed E-state index contributed by atoms with van der Waals surface area (Å²) in [5.74, 6) is 0.839. The van der Waals surface area contributed by atoms with Crippen LogP contribution in [0.25, 0.3) is 0 Å². The maximum atomic E-state index is 12.4. The van der Waals surface area contributed by atoms with Crippen LogP contribution in [-0.2, 0) is 18.8 Å². The van der Waals surface area contributed by atoms with Crippen molar-refractivity contribution in [3.8, 4) is 17.2 Å². The third-order valence-corrected chi connectivity index (χ3v) is 5.43. The number of carbonyl (C=O) groups is 1. The Labute approximate surface area is 167 Å². The number of hydrogen-bond donors (Lipinski definition) is 0. The molecule has 1 saturated heterocycles. The van der Waals surface area contributed by atoms with Gasteiger partial charge in [0, 0.05) is 11.9 Å². The number of rotatable bonds is 8. The molecule has 0 saturated carbocycles. The van der Waals surface area contributed by atoms with Crippen LogP contribution in [-0.4, -0.2) is 52.2 Å². The van der Waals surface area contributed by atoms with E-state index in [1.165, 1.54) is 0 Å². The molecule has 0 bridgehead atoms. The predicted octanol–water partition coefficient (Wildman–Crippen LogP) is 3.38. The van der Waals surface area contributed by atoms with Gasteiger partial charge >= 0.3 is 13.1 Å². The highest BCUT2D eigenvalue weighted by Gasteiger charge is 2.54. The van der Waals surface area contributed by atoms with E-state index in [9.17, 15) is 4.79 Å². The minimum absolute atomic E-state index is 0.0799. The fourth-order valence-corrected chi connectivity index (χ4v) is 3.15. The van der Waals surface area contributed by atoms with Crippen molar-refractivity contribution in [1.29, 1.82) is 0 Å². The molecule has 1 aliphatic heterocycles. The molecule has 0 amide bonds. The summed E-state index contributed by atoms with van der Waals surface area (Å²) in [7, 11) is 4.03. The van der Waals surface area contributed by atoms with Gasteiger partial charge in [-0.2, -0.15) is 0 Å². The molecule has 0 aromatic heterocycles. The Morgan fingerprint density at radius 2 is 1.46 bits per heavy atom. The van der Waals surface area contributed by atoms with Gasteiger partial charge in [-0.25, -0.2) is 0 Å². The molecule has 156 valence electrons. The van der Waals surface area contributed by atoms with E-state index in [0.717, 1.165) is 5.56 Å². The molecule has 0 spiro atoms. The Balaban J connectivity index is 2.52. The van der Waals surface area contributed by atoms with Gasteiger partial charge < -0.3 is 28.3 Å². The number of hydrogen-bond acceptors (Lipinski definition) is 7. The van der Waals surface area contributed by atoms with Crippen molar-refractivity contribution in [3.63, 3.8) is 0 Å². The van der Waals surface area contributed by atoms with Gasteiger partial charge in [-0.15, -0.1) is 0 Å². The molecule has 1 aliphatic rings. The maximum absolute atomic E-state index is 12.4. The fraction of sp³-hybridized carbons (Fsp3) is 0.650. The van der Waals surface area contributed by atoms with Gasteiger partial charge in [0.25, 0.3) is 0 Å². The fourth-order valence-electron chi connectivity index (χ4n) is 3.15. The zero-order chi connectivity index (χ0) is 21.1. The summed E-state index contributed by atoms with van der Waals surface area (Å²) in [6.45, 7) is 9.97. The van der Waals surface area contributed by atoms with Crippen LogP contribution in [0.15, 0.2) is 12.1 Å². The minimum Gasteiger partial charge on any atom is -0.496 e. The highest BCUT2D eigenvalue weighted by atomic mass is 16.7. The van der Waals surface area contributed by atoms with Crippen molar-refractivity contribution in [2.24, 2.45) is 0 Å². The van der Waals surface area contributed by atoms with E-state index < -0.39 is 24.1 Å². The highest BCUT2D eigenvalue weighted by Crippen LogP contribution is 2.45. The molecule has 1 atom stereocenters. The second kappa shape index (κ2) is 8.61. The average molecular weight is 394 g/mol. The average Bonchev–Trinajstić information content (AvgIpc) is 2.86. The van der Waals surface area contributed by atoms with Crippen LogP contribution in [0.1, 0.15) is 52.4 Å². The van der Waals surface area contributed by atoms with Crippen LogP contribution >= 0.6 is 0 Å². The molecule has 0 aliphatic carbocycles. The Morgan fingerprint density at radius 1 is 0.964 bits per heavy atom. The number of ether oxygens (including phenoxy) is 4. The lowest BCUT2D eigenvalue weighted by Crippen LogP contribution is -2.41. The molecule has 8 heteroatoms. The van der Waals surface area contributed by atoms with E-state index in [-0.39, 0.29) is 12.4 Å². The van der Waals surface area contributed by atoms with Gasteiger partial charge in [-0.05, 0) is 46.2 Å². The number of carbonyl (C=O) groups excluding carboxylic acids is 1. The summed E-state index contributed by atoms with van der Waals surface area (Å²) >= 11 is 0. The third-order valence-electron chi connectivity index (χ3n) is 5.43. The first-order valence-electron chi connectivity index (χ1n) is 9.41. The summed E-state index contributed by atoms with van der Waals surface area (Å²) in [6, 6.07) is 3.53. The Bertz CT molecular complexity index is 686. The second-order valence-electron chi connectivity index (χ2n) is 7.69. The van der Waals surface area contributed by atoms with Gasteiger partial charge in [0.1, 0.15) is 5.75 Å². The summed E-state index contributed by atoms with van der Waals surface area (Å²) in [4.78, 5) is 12.4. The Morgan fingerprint density at radius 3 is 1.93 bits per heavy atom. The summed E-state index contributed by atoms with van der Waals surface area (Å²) in [6.07, 6.45) is 0.0799. The summed E-state index contributed by atoms with van der Waals surface area (Å²) < 4.78 is 34.0. The van der Waals surface area contributed by atoms with Crippen molar-refractivity contribution in [3.05, 3.63) is 17.7 Å². The summed E-state index contributed by atoms with van der Waals surface area (Å²) in [5, 5.41) is 0. The highest BCUT2D eigenvalue weighted by molar-refractivity contribution is 6.48. The monoisotopic (exact) mass is 394 g/mol. The Hall–Kier alpha value is -1.93. The largest absolute Gasteiger partial charge is 0.496 e. The third kappa shape index (κ3) is 4.38. The van der Waals surface area contributed by atoms with Crippen molar-refractivity contribution in [1.82, 2.24) is 0 Å². The molecule has 1 unspecified atom stereocenters. The molecule has 1 aromatic rings. The SMILES string of the molecule is CCOC(=O)CC(B1OC(C)(C)C(C)(C)O1)c1cc(OC)c(OC)cc1OC. The van der Waals surface area contributed by atoms with Crippen molar-refractivity contribution in [2.75, 3.05) is 27.9 Å². The first-order valence-corrected chi connectivity index (χ1v) is 9.41. The van der Waals surface area contributed by atoms with E-state index in [1.807, 2.05) is 27.7 Å². The number of esters is 1. The lowest BCUT2D eigenvalue weighted by atomic mass is 9.66. The molecule has 28 heavy (non-hydrogen) atoms. The molecule has 1 heterocycles. The van der Waals surface area contributed by atoms with Crippen LogP contribution in [0.2, 0.25) is 0 Å². The van der Waals surface area contributed by atoms with Gasteiger partial charge in [0.2, 0.25) is 0 Å². The van der Waals surface area contributed by atoms with E-state index in [0.29, 0.717) is 23.9 Å². The van der Waals surface area contributed by atoms with Crippen LogP contribution in [0.4, 0.5) is 0 Å². The maximum Gasteiger partial charge on any atom is 0.466 e. The lowest BCUT2D eigenvalue weighted by Gasteiger charge is -2.32. The molecule has 7 nitrogen and oxygen atoms in total. The first-order chi connectivity index (χ1) is 13.1. The number of benzene rings is 1. The van der Waals surface area contributed by atoms with Gasteiger partial charge in [0.15, 0.2) is 11.5 Å². The standard InChI is InChI=1S/C20H31BO7/c1-9-26-18(22)11-14(21-27-19(2,3)20(4,5)28-21)13-10-16(24-7)17(25-8)12-15(13)23-6/h10,12,14H,9,11H2,1-8H3. The van der Waals surface area contributed by atoms with Crippen LogP contribution in [0, 0.1) is 0 Å². The Kier molecular flexibility index (Phi) is 6.88. The smallest absolute Gasteiger partial charge is 0.466 e. The molecule has 0 N–H and O–H groups in total. The minimum atomic E-state index is -0.651. The molecule has 2 rings (SSSR count). The zero-order valence-corrected chi connectivity index (χ0v) is 18.1. The van der Waals surface area contributed by atoms with Crippen LogP contribution < -0.4 is 14.2 Å². The van der Waals surface area contributed by atoms with E-state index in [4.69, 9.17) is 28.3 Å². The quantitative estimate of drug-likeness (QED) is 0.494. The lowest BCUT2D eigenvalue weighted by molar-refractivity contribution is -0.143. The molecular formula is C20H31BO7. The topological polar surface area (TPSA) is 72.5 Å². The zero-order valence-electron chi connectivity index (χ0n) is 18.1. The van der Waals surface area contributed by atoms with Crippen molar-refractivity contribution < 1.29 is 33.1 Å².